The summed E-state index contributed by atoms with van der Waals surface area (Å²) >= 11 is 4.95. The molecule has 0 aliphatic heterocycles. The maximum Gasteiger partial charge on any atom is 0.266 e. The molecule has 24 heavy (non-hydrogen) atoms. The van der Waals surface area contributed by atoms with Crippen LogP contribution >= 0.6 is 12.2 Å². The van der Waals surface area contributed by atoms with Crippen molar-refractivity contribution in [3.8, 4) is 0 Å². The lowest BCUT2D eigenvalue weighted by Gasteiger charge is -2.18. The highest BCUT2D eigenvalue weighted by Gasteiger charge is 2.17. The summed E-state index contributed by atoms with van der Waals surface area (Å²) in [4.78, 5) is 15.7. The van der Waals surface area contributed by atoms with Crippen LogP contribution in [-0.2, 0) is 10.8 Å². The summed E-state index contributed by atoms with van der Waals surface area (Å²) in [5.74, 6) is 0.0987. The smallest absolute Gasteiger partial charge is 0.266 e. The fraction of sp³-hybridized carbons (Fsp3) is 0.176. The van der Waals surface area contributed by atoms with Gasteiger partial charge in [-0.1, -0.05) is 30.3 Å². The van der Waals surface area contributed by atoms with Gasteiger partial charge < -0.3 is 14.7 Å². The largest absolute Gasteiger partial charge is 0.429 e. The third-order valence-electron chi connectivity index (χ3n) is 3.59. The lowest BCUT2D eigenvalue weighted by Crippen LogP contribution is -2.31. The molecule has 0 aliphatic rings. The SMILES string of the molecule is C[S@@](=O)C[C@H](NC(=O)c1ccc2[nH]c(=S)oc2c1)c1ccccc1. The van der Waals surface area contributed by atoms with Gasteiger partial charge in [0, 0.05) is 28.4 Å². The number of carbonyl (C=O) groups excluding carboxylic acids is 1. The highest BCUT2D eigenvalue weighted by molar-refractivity contribution is 7.84. The number of oxazole rings is 1. The molecule has 0 saturated carbocycles. The molecule has 0 unspecified atom stereocenters. The zero-order chi connectivity index (χ0) is 17.1. The number of amides is 1. The number of aromatic amines is 1. The molecule has 7 heteroatoms. The van der Waals surface area contributed by atoms with Gasteiger partial charge in [0.2, 0.25) is 0 Å². The van der Waals surface area contributed by atoms with Gasteiger partial charge in [-0.25, -0.2) is 0 Å². The molecule has 1 heterocycles. The minimum Gasteiger partial charge on any atom is -0.429 e. The monoisotopic (exact) mass is 360 g/mol. The van der Waals surface area contributed by atoms with Gasteiger partial charge in [0.25, 0.3) is 10.7 Å². The molecule has 0 bridgehead atoms. The molecule has 3 rings (SSSR count). The van der Waals surface area contributed by atoms with Crippen LogP contribution in [0.5, 0.6) is 0 Å². The summed E-state index contributed by atoms with van der Waals surface area (Å²) in [6.07, 6.45) is 1.62. The third-order valence-corrected chi connectivity index (χ3v) is 4.58. The van der Waals surface area contributed by atoms with Crippen molar-refractivity contribution >= 4 is 40.0 Å². The first kappa shape index (κ1) is 16.6. The van der Waals surface area contributed by atoms with Gasteiger partial charge in [0.05, 0.1) is 11.6 Å². The number of aromatic nitrogens is 1. The first-order valence-electron chi connectivity index (χ1n) is 7.31. The van der Waals surface area contributed by atoms with E-state index in [9.17, 15) is 9.00 Å². The van der Waals surface area contributed by atoms with Crippen LogP contribution < -0.4 is 5.32 Å². The maximum absolute atomic E-state index is 12.6. The van der Waals surface area contributed by atoms with Gasteiger partial charge >= 0.3 is 0 Å². The Hall–Kier alpha value is -2.25. The van der Waals surface area contributed by atoms with Gasteiger partial charge in [-0.2, -0.15) is 0 Å². The molecule has 5 nitrogen and oxygen atoms in total. The zero-order valence-electron chi connectivity index (χ0n) is 12.9. The Morgan fingerprint density at radius 1 is 1.29 bits per heavy atom. The van der Waals surface area contributed by atoms with Crippen LogP contribution in [0, 0.1) is 4.84 Å². The number of H-pyrrole nitrogens is 1. The van der Waals surface area contributed by atoms with Crippen molar-refractivity contribution < 1.29 is 13.4 Å². The minimum absolute atomic E-state index is 0.251. The fourth-order valence-corrected chi connectivity index (χ4v) is 3.41. The molecule has 1 aromatic heterocycles. The second kappa shape index (κ2) is 7.11. The van der Waals surface area contributed by atoms with E-state index in [-0.39, 0.29) is 16.8 Å². The van der Waals surface area contributed by atoms with Gasteiger partial charge in [-0.05, 0) is 36.0 Å². The van der Waals surface area contributed by atoms with Crippen molar-refractivity contribution in [2.24, 2.45) is 0 Å². The van der Waals surface area contributed by atoms with Crippen LogP contribution in [0.2, 0.25) is 0 Å². The van der Waals surface area contributed by atoms with Crippen LogP contribution in [0.4, 0.5) is 0 Å². The molecule has 0 radical (unpaired) electrons. The predicted octanol–water partition coefficient (Wildman–Crippen LogP) is 3.34. The molecule has 0 saturated heterocycles. The molecule has 0 fully saturated rings. The van der Waals surface area contributed by atoms with E-state index in [0.717, 1.165) is 11.1 Å². The number of hydrogen-bond acceptors (Lipinski definition) is 4. The number of rotatable bonds is 5. The molecule has 2 atom stereocenters. The lowest BCUT2D eigenvalue weighted by molar-refractivity contribution is 0.0940. The fourth-order valence-electron chi connectivity index (χ4n) is 2.47. The second-order valence-electron chi connectivity index (χ2n) is 5.40. The first-order valence-corrected chi connectivity index (χ1v) is 9.45. The predicted molar refractivity (Wildman–Crippen MR) is 97.0 cm³/mol. The summed E-state index contributed by atoms with van der Waals surface area (Å²) in [5, 5.41) is 2.94. The Morgan fingerprint density at radius 2 is 2.04 bits per heavy atom. The number of nitrogens with one attached hydrogen (secondary N) is 2. The van der Waals surface area contributed by atoms with E-state index in [2.05, 4.69) is 10.3 Å². The molecule has 0 spiro atoms. The van der Waals surface area contributed by atoms with Crippen LogP contribution in [0.15, 0.2) is 52.9 Å². The Balaban J connectivity index is 1.86. The quantitative estimate of drug-likeness (QED) is 0.684. The average Bonchev–Trinajstić information content (AvgIpc) is 2.93. The van der Waals surface area contributed by atoms with Crippen LogP contribution in [0.1, 0.15) is 22.0 Å². The standard InChI is InChI=1S/C17H16N2O3S2/c1-24(21)10-14(11-5-3-2-4-6-11)18-16(20)12-7-8-13-15(9-12)22-17(23)19-13/h2-9,14H,10H2,1H3,(H,18,20)(H,19,23)/t14-,24+/m0/s1. The Morgan fingerprint density at radius 3 is 2.75 bits per heavy atom. The highest BCUT2D eigenvalue weighted by atomic mass is 32.2. The second-order valence-corrected chi connectivity index (χ2v) is 7.25. The van der Waals surface area contributed by atoms with Gasteiger partial charge in [0.1, 0.15) is 0 Å². The number of benzene rings is 2. The summed E-state index contributed by atoms with van der Waals surface area (Å²) in [6.45, 7) is 0. The average molecular weight is 360 g/mol. The van der Waals surface area contributed by atoms with Crippen molar-refractivity contribution in [1.29, 1.82) is 0 Å². The molecule has 2 aromatic carbocycles. The third kappa shape index (κ3) is 3.80. The van der Waals surface area contributed by atoms with E-state index in [1.807, 2.05) is 30.3 Å². The van der Waals surface area contributed by atoms with Crippen molar-refractivity contribution in [2.45, 2.75) is 6.04 Å². The number of carbonyl (C=O) groups is 1. The topological polar surface area (TPSA) is 75.1 Å². The number of fused-ring (bicyclic) bond motifs is 1. The Kier molecular flexibility index (Phi) is 4.92. The van der Waals surface area contributed by atoms with Gasteiger partial charge in [-0.3, -0.25) is 9.00 Å². The van der Waals surface area contributed by atoms with E-state index >= 15 is 0 Å². The van der Waals surface area contributed by atoms with Crippen LogP contribution in [-0.4, -0.2) is 27.1 Å². The summed E-state index contributed by atoms with van der Waals surface area (Å²) < 4.78 is 17.0. The van der Waals surface area contributed by atoms with Crippen molar-refractivity contribution in [3.63, 3.8) is 0 Å². The highest BCUT2D eigenvalue weighted by Crippen LogP contribution is 2.18. The summed E-state index contributed by atoms with van der Waals surface area (Å²) in [6, 6.07) is 14.3. The molecule has 2 N–H and O–H groups in total. The van der Waals surface area contributed by atoms with Crippen molar-refractivity contribution in [3.05, 3.63) is 64.5 Å². The van der Waals surface area contributed by atoms with Crippen LogP contribution in [0.3, 0.4) is 0 Å². The maximum atomic E-state index is 12.6. The normalized spacial score (nSPS) is 13.5. The summed E-state index contributed by atoms with van der Waals surface area (Å²) in [5.41, 5.74) is 2.65. The van der Waals surface area contributed by atoms with Crippen molar-refractivity contribution in [1.82, 2.24) is 10.3 Å². The molecule has 1 amide bonds. The van der Waals surface area contributed by atoms with Gasteiger partial charge in [0.15, 0.2) is 5.58 Å². The molecule has 124 valence electrons. The van der Waals surface area contributed by atoms with E-state index in [4.69, 9.17) is 16.6 Å². The molecule has 3 aromatic rings. The first-order chi connectivity index (χ1) is 11.5. The Labute approximate surface area is 146 Å². The van der Waals surface area contributed by atoms with Gasteiger partial charge in [-0.15, -0.1) is 0 Å². The van der Waals surface area contributed by atoms with Crippen molar-refractivity contribution in [2.75, 3.05) is 12.0 Å². The molecular weight excluding hydrogens is 344 g/mol. The van der Waals surface area contributed by atoms with E-state index in [1.54, 1.807) is 24.5 Å². The lowest BCUT2D eigenvalue weighted by atomic mass is 10.1. The van der Waals surface area contributed by atoms with E-state index in [0.29, 0.717) is 16.9 Å². The van der Waals surface area contributed by atoms with E-state index < -0.39 is 10.8 Å². The number of hydrogen-bond donors (Lipinski definition) is 2. The van der Waals surface area contributed by atoms with E-state index in [1.165, 1.54) is 0 Å². The molecular formula is C17H16N2O3S2. The minimum atomic E-state index is -1.04. The summed E-state index contributed by atoms with van der Waals surface area (Å²) in [7, 11) is -1.04. The molecule has 0 aliphatic carbocycles. The van der Waals surface area contributed by atoms with Crippen LogP contribution in [0.25, 0.3) is 11.1 Å². The zero-order valence-corrected chi connectivity index (χ0v) is 14.6. The Bertz CT molecular complexity index is 947.